The Kier molecular flexibility index (Phi) is 7.71. The maximum atomic E-state index is 11.7. The second-order valence-electron chi connectivity index (χ2n) is 8.83. The van der Waals surface area contributed by atoms with E-state index < -0.39 is 27.1 Å². The molecule has 0 radical (unpaired) electrons. The van der Waals surface area contributed by atoms with Crippen molar-refractivity contribution >= 4 is 28.6 Å². The first-order valence-electron chi connectivity index (χ1n) is 9.02. The molecular formula is C18H38O5Si2. The van der Waals surface area contributed by atoms with Crippen LogP contribution in [0.3, 0.4) is 0 Å². The van der Waals surface area contributed by atoms with Crippen LogP contribution >= 0.6 is 0 Å². The zero-order valence-electron chi connectivity index (χ0n) is 18.2. The number of hydrogen-bond donors (Lipinski definition) is 0. The summed E-state index contributed by atoms with van der Waals surface area (Å²) in [5.41, 5.74) is 0.445. The zero-order valence-corrected chi connectivity index (χ0v) is 20.2. The van der Waals surface area contributed by atoms with Crippen molar-refractivity contribution in [3.05, 3.63) is 0 Å². The summed E-state index contributed by atoms with van der Waals surface area (Å²) in [7, 11) is -5.10. The van der Waals surface area contributed by atoms with E-state index in [0.29, 0.717) is 0 Å². The molecule has 0 saturated carbocycles. The van der Waals surface area contributed by atoms with Crippen molar-refractivity contribution in [2.75, 3.05) is 0 Å². The highest BCUT2D eigenvalue weighted by Crippen LogP contribution is 2.44. The van der Waals surface area contributed by atoms with Gasteiger partial charge in [-0.1, -0.05) is 27.7 Å². The van der Waals surface area contributed by atoms with Gasteiger partial charge >= 0.3 is 11.9 Å². The van der Waals surface area contributed by atoms with Gasteiger partial charge in [0, 0.05) is 13.8 Å². The third-order valence-electron chi connectivity index (χ3n) is 5.82. The largest absolute Gasteiger partial charge is 0.461 e. The highest BCUT2D eigenvalue weighted by atomic mass is 28.4. The lowest BCUT2D eigenvalue weighted by molar-refractivity contribution is -0.148. The third kappa shape index (κ3) is 5.17. The predicted molar refractivity (Wildman–Crippen MR) is 106 cm³/mol. The molecule has 0 rings (SSSR count). The number of rotatable bonds is 8. The number of esters is 2. The van der Waals surface area contributed by atoms with E-state index in [1.807, 2.05) is 27.7 Å². The number of ether oxygens (including phenoxy) is 2. The van der Waals surface area contributed by atoms with Crippen LogP contribution < -0.4 is 0 Å². The smallest absolute Gasteiger partial charge is 0.302 e. The minimum atomic E-state index is -2.55. The van der Waals surface area contributed by atoms with Gasteiger partial charge in [-0.25, -0.2) is 0 Å². The molecule has 0 aromatic rings. The summed E-state index contributed by atoms with van der Waals surface area (Å²) in [5, 5.41) is -1.38. The van der Waals surface area contributed by atoms with Crippen LogP contribution in [-0.4, -0.2) is 39.0 Å². The molecule has 0 N–H and O–H groups in total. The predicted octanol–water partition coefficient (Wildman–Crippen LogP) is 4.74. The Bertz CT molecular complexity index is 458. The van der Waals surface area contributed by atoms with E-state index in [2.05, 4.69) is 40.8 Å². The number of carbonyl (C=O) groups excluding carboxylic acids is 2. The first-order chi connectivity index (χ1) is 10.9. The van der Waals surface area contributed by atoms with Gasteiger partial charge in [-0.15, -0.1) is 0 Å². The van der Waals surface area contributed by atoms with Crippen LogP contribution in [0.1, 0.15) is 69.2 Å². The normalized spacial score (nSPS) is 17.8. The van der Waals surface area contributed by atoms with E-state index in [9.17, 15) is 9.59 Å². The lowest BCUT2D eigenvalue weighted by Gasteiger charge is -2.53. The van der Waals surface area contributed by atoms with Crippen molar-refractivity contribution in [3.8, 4) is 0 Å². The summed E-state index contributed by atoms with van der Waals surface area (Å²) in [6, 6.07) is 0. The number of carbonyl (C=O) groups is 2. The van der Waals surface area contributed by atoms with E-state index >= 15 is 0 Å². The fourth-order valence-electron chi connectivity index (χ4n) is 3.23. The molecule has 2 atom stereocenters. The lowest BCUT2D eigenvalue weighted by atomic mass is 10.4. The summed E-state index contributed by atoms with van der Waals surface area (Å²) < 4.78 is 18.4. The topological polar surface area (TPSA) is 61.8 Å². The quantitative estimate of drug-likeness (QED) is 0.442. The molecule has 0 aliphatic heterocycles. The van der Waals surface area contributed by atoms with Crippen molar-refractivity contribution in [1.82, 2.24) is 0 Å². The molecule has 25 heavy (non-hydrogen) atoms. The Morgan fingerprint density at radius 2 is 0.960 bits per heavy atom. The van der Waals surface area contributed by atoms with Crippen LogP contribution in [0.5, 0.6) is 0 Å². The Labute approximate surface area is 156 Å². The summed E-state index contributed by atoms with van der Waals surface area (Å²) in [6.45, 7) is 23.3. The highest BCUT2D eigenvalue weighted by Gasteiger charge is 2.60. The minimum absolute atomic E-state index is 0.223. The molecule has 0 amide bonds. The summed E-state index contributed by atoms with van der Waals surface area (Å²) in [4.78, 5) is 23.3. The average Bonchev–Trinajstić information content (AvgIpc) is 2.34. The standard InChI is InChI=1S/C18H38O5Si2/c1-13(2)24(11,17(7,8)21-15(5)19)23-25(12,14(3)4)18(9,10)22-16(6)20/h13-14H,1-12H3. The van der Waals surface area contributed by atoms with E-state index in [0.717, 1.165) is 0 Å². The van der Waals surface area contributed by atoms with Crippen LogP contribution in [0.2, 0.25) is 24.2 Å². The van der Waals surface area contributed by atoms with Gasteiger partial charge in [0.2, 0.25) is 16.6 Å². The Balaban J connectivity index is 6.15. The summed E-state index contributed by atoms with van der Waals surface area (Å²) in [5.74, 6) is -0.611. The van der Waals surface area contributed by atoms with E-state index in [-0.39, 0.29) is 23.0 Å². The molecule has 5 nitrogen and oxygen atoms in total. The SMILES string of the molecule is CC(=O)OC(C)(C)[Si](C)(O[Si](C)(C(C)C)C(C)(C)OC(C)=O)C(C)C. The van der Waals surface area contributed by atoms with Crippen LogP contribution in [0.15, 0.2) is 0 Å². The first-order valence-corrected chi connectivity index (χ1v) is 14.0. The monoisotopic (exact) mass is 390 g/mol. The average molecular weight is 391 g/mol. The second kappa shape index (κ2) is 7.92. The van der Waals surface area contributed by atoms with Gasteiger partial charge in [0.1, 0.15) is 10.4 Å². The molecule has 0 bridgehead atoms. The fraction of sp³-hybridized carbons (Fsp3) is 0.889. The maximum absolute atomic E-state index is 11.7. The molecule has 0 aliphatic carbocycles. The van der Waals surface area contributed by atoms with Gasteiger partial charge in [-0.05, 0) is 51.9 Å². The lowest BCUT2D eigenvalue weighted by Crippen LogP contribution is -2.70. The number of hydrogen-bond acceptors (Lipinski definition) is 5. The molecule has 0 aromatic carbocycles. The van der Waals surface area contributed by atoms with Crippen LogP contribution in [-0.2, 0) is 23.2 Å². The van der Waals surface area contributed by atoms with Gasteiger partial charge in [-0.2, -0.15) is 0 Å². The van der Waals surface area contributed by atoms with Gasteiger partial charge in [0.15, 0.2) is 0 Å². The minimum Gasteiger partial charge on any atom is -0.461 e. The Morgan fingerprint density at radius 3 is 1.12 bits per heavy atom. The van der Waals surface area contributed by atoms with E-state index in [1.54, 1.807) is 0 Å². The maximum Gasteiger partial charge on any atom is 0.302 e. The van der Waals surface area contributed by atoms with Gasteiger partial charge in [0.05, 0.1) is 0 Å². The summed E-state index contributed by atoms with van der Waals surface area (Å²) in [6.07, 6.45) is 0. The molecule has 0 spiro atoms. The highest BCUT2D eigenvalue weighted by molar-refractivity contribution is 6.89. The second-order valence-corrected chi connectivity index (χ2v) is 18.8. The van der Waals surface area contributed by atoms with Crippen molar-refractivity contribution in [2.24, 2.45) is 0 Å². The molecule has 0 heterocycles. The molecule has 0 aromatic heterocycles. The van der Waals surface area contributed by atoms with Gasteiger partial charge in [-0.3, -0.25) is 9.59 Å². The molecule has 0 aliphatic rings. The van der Waals surface area contributed by atoms with Gasteiger partial charge < -0.3 is 13.6 Å². The fourth-order valence-corrected chi connectivity index (χ4v) is 14.1. The zero-order chi connectivity index (χ0) is 20.4. The molecule has 0 fully saturated rings. The van der Waals surface area contributed by atoms with E-state index in [1.165, 1.54) is 13.8 Å². The molecule has 148 valence electrons. The molecule has 2 unspecified atom stereocenters. The van der Waals surface area contributed by atoms with Crippen LogP contribution in [0.4, 0.5) is 0 Å². The van der Waals surface area contributed by atoms with Crippen molar-refractivity contribution in [1.29, 1.82) is 0 Å². The van der Waals surface area contributed by atoms with Crippen LogP contribution in [0.25, 0.3) is 0 Å². The molecule has 7 heteroatoms. The van der Waals surface area contributed by atoms with Crippen LogP contribution in [0, 0.1) is 0 Å². The Hall–Kier alpha value is -0.666. The van der Waals surface area contributed by atoms with Crippen molar-refractivity contribution < 1.29 is 23.2 Å². The van der Waals surface area contributed by atoms with Crippen molar-refractivity contribution in [2.45, 2.75) is 104 Å². The van der Waals surface area contributed by atoms with Gasteiger partial charge in [0.25, 0.3) is 0 Å². The Morgan fingerprint density at radius 1 is 0.720 bits per heavy atom. The van der Waals surface area contributed by atoms with E-state index in [4.69, 9.17) is 13.6 Å². The summed E-state index contributed by atoms with van der Waals surface area (Å²) >= 11 is 0. The third-order valence-corrected chi connectivity index (χ3v) is 18.6. The molecular weight excluding hydrogens is 352 g/mol. The first kappa shape index (κ1) is 24.3. The molecule has 0 saturated heterocycles. The van der Waals surface area contributed by atoms with Crippen molar-refractivity contribution in [3.63, 3.8) is 0 Å².